The Morgan fingerprint density at radius 2 is 2.05 bits per heavy atom. The number of nitrogens with one attached hydrogen (secondary N) is 1. The van der Waals surface area contributed by atoms with E-state index in [-0.39, 0.29) is 10.9 Å². The van der Waals surface area contributed by atoms with E-state index in [4.69, 9.17) is 0 Å². The summed E-state index contributed by atoms with van der Waals surface area (Å²) in [5.41, 5.74) is 0.604. The molecule has 0 saturated heterocycles. The molecule has 0 atom stereocenters. The average Bonchev–Trinajstić information content (AvgIpc) is 3.20. The van der Waals surface area contributed by atoms with Gasteiger partial charge in [0.05, 0.1) is 4.90 Å². The molecule has 1 saturated carbocycles. The predicted octanol–water partition coefficient (Wildman–Crippen LogP) is 2.35. The van der Waals surface area contributed by atoms with Crippen LogP contribution in [-0.4, -0.2) is 32.4 Å². The molecule has 21 heavy (non-hydrogen) atoms. The first-order valence-electron chi connectivity index (χ1n) is 7.29. The van der Waals surface area contributed by atoms with Gasteiger partial charge in [0.15, 0.2) is 0 Å². The van der Waals surface area contributed by atoms with E-state index in [2.05, 4.69) is 5.32 Å². The molecule has 1 aromatic carbocycles. The first kappa shape index (κ1) is 16.4. The second-order valence-electron chi connectivity index (χ2n) is 6.02. The van der Waals surface area contributed by atoms with Gasteiger partial charge in [0.2, 0.25) is 10.0 Å². The Morgan fingerprint density at radius 3 is 2.62 bits per heavy atom. The van der Waals surface area contributed by atoms with E-state index in [0.717, 1.165) is 18.9 Å². The molecule has 0 radical (unpaired) electrons. The monoisotopic (exact) mass is 314 g/mol. The summed E-state index contributed by atoms with van der Waals surface area (Å²) in [6.45, 7) is 4.88. The Labute approximate surface area is 126 Å². The molecule has 1 aliphatic rings. The van der Waals surface area contributed by atoms with Gasteiger partial charge < -0.3 is 5.32 Å². The summed E-state index contributed by atoms with van der Waals surface area (Å²) in [4.78, 5) is 0.0683. The lowest BCUT2D eigenvalue weighted by Crippen LogP contribution is -2.31. The molecule has 0 spiro atoms. The number of halogens is 1. The molecule has 0 amide bonds. The third-order valence-corrected chi connectivity index (χ3v) is 5.54. The fraction of sp³-hybridized carbons (Fsp3) is 0.600. The van der Waals surface area contributed by atoms with Crippen LogP contribution in [0.2, 0.25) is 0 Å². The molecule has 1 N–H and O–H groups in total. The second kappa shape index (κ2) is 6.42. The lowest BCUT2D eigenvalue weighted by atomic mass is 10.2. The van der Waals surface area contributed by atoms with Crippen LogP contribution in [0.15, 0.2) is 23.1 Å². The van der Waals surface area contributed by atoms with Gasteiger partial charge in [-0.15, -0.1) is 0 Å². The second-order valence-corrected chi connectivity index (χ2v) is 8.03. The van der Waals surface area contributed by atoms with Crippen molar-refractivity contribution in [1.82, 2.24) is 9.62 Å². The first-order valence-corrected chi connectivity index (χ1v) is 8.73. The molecular weight excluding hydrogens is 291 g/mol. The van der Waals surface area contributed by atoms with E-state index in [9.17, 15) is 12.8 Å². The molecule has 118 valence electrons. The first-order chi connectivity index (χ1) is 9.80. The summed E-state index contributed by atoms with van der Waals surface area (Å²) in [6, 6.07) is 4.20. The van der Waals surface area contributed by atoms with Crippen molar-refractivity contribution in [3.05, 3.63) is 29.6 Å². The van der Waals surface area contributed by atoms with Crippen molar-refractivity contribution in [1.29, 1.82) is 0 Å². The van der Waals surface area contributed by atoms with Crippen molar-refractivity contribution >= 4 is 10.0 Å². The summed E-state index contributed by atoms with van der Waals surface area (Å²) < 4.78 is 40.1. The highest BCUT2D eigenvalue weighted by molar-refractivity contribution is 7.89. The topological polar surface area (TPSA) is 49.4 Å². The summed E-state index contributed by atoms with van der Waals surface area (Å²) in [7, 11) is -2.07. The molecule has 1 aromatic rings. The number of benzene rings is 1. The highest BCUT2D eigenvalue weighted by atomic mass is 32.2. The van der Waals surface area contributed by atoms with Crippen LogP contribution in [-0.2, 0) is 16.6 Å². The van der Waals surface area contributed by atoms with Crippen molar-refractivity contribution < 1.29 is 12.8 Å². The van der Waals surface area contributed by atoms with Crippen LogP contribution in [0.3, 0.4) is 0 Å². The fourth-order valence-corrected chi connectivity index (χ4v) is 3.63. The SMILES string of the molecule is CC(C)NCc1ccc(F)cc1S(=O)(=O)N(C)CC1CC1. The van der Waals surface area contributed by atoms with Gasteiger partial charge in [-0.25, -0.2) is 17.1 Å². The summed E-state index contributed by atoms with van der Waals surface area (Å²) in [6.07, 6.45) is 2.15. The largest absolute Gasteiger partial charge is 0.310 e. The van der Waals surface area contributed by atoms with Gasteiger partial charge in [-0.05, 0) is 36.5 Å². The molecule has 1 aliphatic carbocycles. The summed E-state index contributed by atoms with van der Waals surface area (Å²) in [5.74, 6) is -0.0720. The van der Waals surface area contributed by atoms with E-state index < -0.39 is 15.8 Å². The van der Waals surface area contributed by atoms with Crippen LogP contribution < -0.4 is 5.32 Å². The molecular formula is C15H23FN2O2S. The average molecular weight is 314 g/mol. The molecule has 4 nitrogen and oxygen atoms in total. The van der Waals surface area contributed by atoms with E-state index in [1.54, 1.807) is 13.1 Å². The van der Waals surface area contributed by atoms with Crippen LogP contribution in [0.5, 0.6) is 0 Å². The molecule has 0 heterocycles. The van der Waals surface area contributed by atoms with Gasteiger partial charge in [-0.3, -0.25) is 0 Å². The van der Waals surface area contributed by atoms with Gasteiger partial charge in [0.25, 0.3) is 0 Å². The van der Waals surface area contributed by atoms with Gasteiger partial charge >= 0.3 is 0 Å². The summed E-state index contributed by atoms with van der Waals surface area (Å²) in [5, 5.41) is 3.18. The Balaban J connectivity index is 2.28. The van der Waals surface area contributed by atoms with Crippen LogP contribution in [0.1, 0.15) is 32.3 Å². The van der Waals surface area contributed by atoms with E-state index >= 15 is 0 Å². The normalized spacial score (nSPS) is 15.9. The van der Waals surface area contributed by atoms with E-state index in [1.807, 2.05) is 13.8 Å². The molecule has 0 unspecified atom stereocenters. The highest BCUT2D eigenvalue weighted by Crippen LogP contribution is 2.31. The number of hydrogen-bond donors (Lipinski definition) is 1. The standard InChI is InChI=1S/C15H23FN2O2S/c1-11(2)17-9-13-6-7-14(16)8-15(13)21(19,20)18(3)10-12-4-5-12/h6-8,11-12,17H,4-5,9-10H2,1-3H3. The maximum Gasteiger partial charge on any atom is 0.243 e. The third-order valence-electron chi connectivity index (χ3n) is 3.63. The maximum atomic E-state index is 13.5. The van der Waals surface area contributed by atoms with Crippen molar-refractivity contribution in [2.45, 2.75) is 44.2 Å². The smallest absolute Gasteiger partial charge is 0.243 e. The van der Waals surface area contributed by atoms with Crippen molar-refractivity contribution in [3.8, 4) is 0 Å². The minimum absolute atomic E-state index is 0.0683. The zero-order chi connectivity index (χ0) is 15.6. The number of nitrogens with zero attached hydrogens (tertiary/aromatic N) is 1. The molecule has 0 aliphatic heterocycles. The lowest BCUT2D eigenvalue weighted by molar-refractivity contribution is 0.450. The lowest BCUT2D eigenvalue weighted by Gasteiger charge is -2.20. The molecule has 1 fully saturated rings. The number of rotatable bonds is 7. The van der Waals surface area contributed by atoms with Crippen LogP contribution in [0.25, 0.3) is 0 Å². The van der Waals surface area contributed by atoms with Crippen molar-refractivity contribution in [3.63, 3.8) is 0 Å². The van der Waals surface area contributed by atoms with Crippen LogP contribution >= 0.6 is 0 Å². The zero-order valence-electron chi connectivity index (χ0n) is 12.8. The number of sulfonamides is 1. The van der Waals surface area contributed by atoms with Crippen molar-refractivity contribution in [2.75, 3.05) is 13.6 Å². The van der Waals surface area contributed by atoms with Gasteiger partial charge in [-0.1, -0.05) is 19.9 Å². The van der Waals surface area contributed by atoms with Crippen molar-refractivity contribution in [2.24, 2.45) is 5.92 Å². The minimum atomic E-state index is -3.64. The van der Waals surface area contributed by atoms with E-state index in [1.165, 1.54) is 10.4 Å². The Bertz CT molecular complexity index is 598. The molecule has 0 bridgehead atoms. The highest BCUT2D eigenvalue weighted by Gasteiger charge is 2.30. The van der Waals surface area contributed by atoms with E-state index in [0.29, 0.717) is 24.6 Å². The minimum Gasteiger partial charge on any atom is -0.310 e. The van der Waals surface area contributed by atoms with Gasteiger partial charge in [0, 0.05) is 26.2 Å². The number of hydrogen-bond acceptors (Lipinski definition) is 3. The fourth-order valence-electron chi connectivity index (χ4n) is 2.16. The van der Waals surface area contributed by atoms with Crippen LogP contribution in [0, 0.1) is 11.7 Å². The Hall–Kier alpha value is -0.980. The molecule has 6 heteroatoms. The zero-order valence-corrected chi connectivity index (χ0v) is 13.6. The Kier molecular flexibility index (Phi) is 5.01. The molecule has 0 aromatic heterocycles. The van der Waals surface area contributed by atoms with Gasteiger partial charge in [-0.2, -0.15) is 0 Å². The Morgan fingerprint density at radius 1 is 1.38 bits per heavy atom. The maximum absolute atomic E-state index is 13.5. The van der Waals surface area contributed by atoms with Crippen LogP contribution in [0.4, 0.5) is 4.39 Å². The third kappa shape index (κ3) is 4.25. The summed E-state index contributed by atoms with van der Waals surface area (Å²) >= 11 is 0. The quantitative estimate of drug-likeness (QED) is 0.840. The molecule has 2 rings (SSSR count). The predicted molar refractivity (Wildman–Crippen MR) is 80.9 cm³/mol. The van der Waals surface area contributed by atoms with Gasteiger partial charge in [0.1, 0.15) is 5.82 Å².